The molecule has 1 fully saturated rings. The number of anilines is 1. The van der Waals surface area contributed by atoms with E-state index in [1.54, 1.807) is 18.7 Å². The number of hydrogen-bond donors (Lipinski definition) is 0. The van der Waals surface area contributed by atoms with Gasteiger partial charge in [0.25, 0.3) is 5.91 Å². The molecule has 0 bridgehead atoms. The molecular weight excluding hydrogens is 376 g/mol. The average Bonchev–Trinajstić information content (AvgIpc) is 3.09. The Kier molecular flexibility index (Phi) is 5.17. The Bertz CT molecular complexity index is 976. The van der Waals surface area contributed by atoms with Gasteiger partial charge >= 0.3 is 0 Å². The number of rotatable bonds is 4. The van der Waals surface area contributed by atoms with Crippen molar-refractivity contribution in [1.82, 2.24) is 24.4 Å². The quantitative estimate of drug-likeness (QED) is 0.675. The van der Waals surface area contributed by atoms with Gasteiger partial charge in [-0.05, 0) is 24.1 Å². The van der Waals surface area contributed by atoms with Crippen LogP contribution in [-0.4, -0.2) is 56.5 Å². The fourth-order valence-corrected chi connectivity index (χ4v) is 3.58. The molecule has 4 rings (SSSR count). The third-order valence-corrected chi connectivity index (χ3v) is 5.09. The molecule has 3 aromatic heterocycles. The molecule has 4 heterocycles. The first-order valence-corrected chi connectivity index (χ1v) is 9.85. The van der Waals surface area contributed by atoms with Crippen LogP contribution < -0.4 is 4.90 Å². The molecule has 1 amide bonds. The van der Waals surface area contributed by atoms with Crippen LogP contribution in [0.25, 0.3) is 11.2 Å². The highest BCUT2D eigenvalue weighted by molar-refractivity contribution is 6.30. The fourth-order valence-electron chi connectivity index (χ4n) is 3.47. The van der Waals surface area contributed by atoms with Gasteiger partial charge < -0.3 is 14.4 Å². The van der Waals surface area contributed by atoms with E-state index in [1.807, 2.05) is 27.7 Å². The molecule has 1 saturated heterocycles. The normalized spacial score (nSPS) is 14.9. The van der Waals surface area contributed by atoms with Gasteiger partial charge in [-0.3, -0.25) is 4.79 Å². The molecule has 0 spiro atoms. The second-order valence-corrected chi connectivity index (χ2v) is 7.91. The lowest BCUT2D eigenvalue weighted by molar-refractivity contribution is 0.0746. The summed E-state index contributed by atoms with van der Waals surface area (Å²) in [5.74, 6) is 1.39. The van der Waals surface area contributed by atoms with Gasteiger partial charge in [-0.1, -0.05) is 25.4 Å². The van der Waals surface area contributed by atoms with Gasteiger partial charge in [-0.2, -0.15) is 0 Å². The van der Waals surface area contributed by atoms with Crippen molar-refractivity contribution in [2.24, 2.45) is 5.92 Å². The van der Waals surface area contributed by atoms with Crippen LogP contribution in [0.5, 0.6) is 0 Å². The van der Waals surface area contributed by atoms with E-state index in [-0.39, 0.29) is 5.91 Å². The molecule has 1 aliphatic heterocycles. The van der Waals surface area contributed by atoms with Crippen molar-refractivity contribution in [1.29, 1.82) is 0 Å². The van der Waals surface area contributed by atoms with Crippen molar-refractivity contribution in [2.45, 2.75) is 20.4 Å². The molecule has 0 unspecified atom stereocenters. The van der Waals surface area contributed by atoms with Crippen LogP contribution in [0, 0.1) is 5.92 Å². The van der Waals surface area contributed by atoms with Crippen LogP contribution in [0.4, 0.5) is 5.82 Å². The van der Waals surface area contributed by atoms with Gasteiger partial charge in [0.05, 0.1) is 16.9 Å². The minimum atomic E-state index is -0.00322. The van der Waals surface area contributed by atoms with Crippen LogP contribution in [0.3, 0.4) is 0 Å². The van der Waals surface area contributed by atoms with Gasteiger partial charge in [-0.25, -0.2) is 15.0 Å². The van der Waals surface area contributed by atoms with Crippen molar-refractivity contribution < 1.29 is 4.79 Å². The second kappa shape index (κ2) is 7.75. The molecule has 7 nitrogen and oxygen atoms in total. The summed E-state index contributed by atoms with van der Waals surface area (Å²) in [4.78, 5) is 30.2. The van der Waals surface area contributed by atoms with Crippen LogP contribution in [0.15, 0.2) is 36.9 Å². The Hall–Kier alpha value is -2.67. The largest absolute Gasteiger partial charge is 0.353 e. The molecule has 0 aromatic carbocycles. The highest BCUT2D eigenvalue weighted by Crippen LogP contribution is 2.19. The lowest BCUT2D eigenvalue weighted by atomic mass is 10.2. The summed E-state index contributed by atoms with van der Waals surface area (Å²) in [6, 6.07) is 5.58. The van der Waals surface area contributed by atoms with Gasteiger partial charge in [0, 0.05) is 45.1 Å². The standard InChI is InChI=1S/C20H23ClN6O/c1-14(2)12-27-13-24-17-9-15(10-23-19(17)27)20(28)26-7-5-25(6-8-26)18-4-3-16(21)11-22-18/h3-4,9-11,13-14H,5-8,12H2,1-2H3. The van der Waals surface area contributed by atoms with Crippen LogP contribution >= 0.6 is 11.6 Å². The average molecular weight is 399 g/mol. The zero-order valence-corrected chi connectivity index (χ0v) is 16.8. The summed E-state index contributed by atoms with van der Waals surface area (Å²) in [5, 5.41) is 0.622. The summed E-state index contributed by atoms with van der Waals surface area (Å²) in [6.07, 6.45) is 5.10. The maximum atomic E-state index is 12.9. The van der Waals surface area contributed by atoms with E-state index in [0.29, 0.717) is 29.6 Å². The zero-order valence-electron chi connectivity index (χ0n) is 16.0. The fraction of sp³-hybridized carbons (Fsp3) is 0.400. The van der Waals surface area contributed by atoms with Crippen molar-refractivity contribution in [2.75, 3.05) is 31.1 Å². The van der Waals surface area contributed by atoms with E-state index >= 15 is 0 Å². The van der Waals surface area contributed by atoms with Gasteiger partial charge in [0.15, 0.2) is 5.65 Å². The summed E-state index contributed by atoms with van der Waals surface area (Å²) >= 11 is 5.90. The van der Waals surface area contributed by atoms with Gasteiger partial charge in [0.2, 0.25) is 0 Å². The number of nitrogens with zero attached hydrogens (tertiary/aromatic N) is 6. The van der Waals surface area contributed by atoms with E-state index in [4.69, 9.17) is 11.6 Å². The van der Waals surface area contributed by atoms with E-state index in [0.717, 1.165) is 36.6 Å². The Morgan fingerprint density at radius 1 is 1.11 bits per heavy atom. The number of fused-ring (bicyclic) bond motifs is 1. The lowest BCUT2D eigenvalue weighted by Crippen LogP contribution is -2.49. The minimum Gasteiger partial charge on any atom is -0.353 e. The molecule has 0 aliphatic carbocycles. The van der Waals surface area contributed by atoms with E-state index in [1.165, 1.54) is 0 Å². The number of aromatic nitrogens is 4. The number of carbonyl (C=O) groups excluding carboxylic acids is 1. The Morgan fingerprint density at radius 2 is 1.89 bits per heavy atom. The summed E-state index contributed by atoms with van der Waals surface area (Å²) in [6.45, 7) is 7.92. The predicted molar refractivity (Wildman–Crippen MR) is 110 cm³/mol. The smallest absolute Gasteiger partial charge is 0.255 e. The monoisotopic (exact) mass is 398 g/mol. The molecule has 28 heavy (non-hydrogen) atoms. The second-order valence-electron chi connectivity index (χ2n) is 7.47. The van der Waals surface area contributed by atoms with Crippen molar-refractivity contribution in [3.8, 4) is 0 Å². The van der Waals surface area contributed by atoms with Crippen molar-refractivity contribution in [3.05, 3.63) is 47.5 Å². The van der Waals surface area contributed by atoms with Crippen LogP contribution in [-0.2, 0) is 6.54 Å². The number of halogens is 1. The maximum absolute atomic E-state index is 12.9. The third-order valence-electron chi connectivity index (χ3n) is 4.87. The Labute approximate surface area is 169 Å². The van der Waals surface area contributed by atoms with E-state index < -0.39 is 0 Å². The van der Waals surface area contributed by atoms with E-state index in [9.17, 15) is 4.79 Å². The molecule has 1 aliphatic rings. The lowest BCUT2D eigenvalue weighted by Gasteiger charge is -2.35. The molecule has 0 atom stereocenters. The molecule has 3 aromatic rings. The van der Waals surface area contributed by atoms with Gasteiger partial charge in [0.1, 0.15) is 11.3 Å². The number of piperazine rings is 1. The number of carbonyl (C=O) groups is 1. The van der Waals surface area contributed by atoms with Gasteiger partial charge in [-0.15, -0.1) is 0 Å². The highest BCUT2D eigenvalue weighted by Gasteiger charge is 2.23. The third kappa shape index (κ3) is 3.80. The van der Waals surface area contributed by atoms with E-state index in [2.05, 4.69) is 33.7 Å². The molecular formula is C20H23ClN6O. The first kappa shape index (κ1) is 18.7. The number of amides is 1. The predicted octanol–water partition coefficient (Wildman–Crippen LogP) is 3.10. The molecule has 146 valence electrons. The Morgan fingerprint density at radius 3 is 2.57 bits per heavy atom. The number of pyridine rings is 2. The van der Waals surface area contributed by atoms with Crippen LogP contribution in [0.2, 0.25) is 5.02 Å². The summed E-state index contributed by atoms with van der Waals surface area (Å²) in [5.41, 5.74) is 2.17. The van der Waals surface area contributed by atoms with Crippen LogP contribution in [0.1, 0.15) is 24.2 Å². The number of hydrogen-bond acceptors (Lipinski definition) is 5. The molecule has 0 N–H and O–H groups in total. The molecule has 8 heteroatoms. The first-order valence-electron chi connectivity index (χ1n) is 9.48. The van der Waals surface area contributed by atoms with Crippen molar-refractivity contribution in [3.63, 3.8) is 0 Å². The molecule has 0 radical (unpaired) electrons. The summed E-state index contributed by atoms with van der Waals surface area (Å²) < 4.78 is 2.03. The zero-order chi connectivity index (χ0) is 19.7. The highest BCUT2D eigenvalue weighted by atomic mass is 35.5. The number of imidazole rings is 1. The Balaban J connectivity index is 1.44. The minimum absolute atomic E-state index is 0.00322. The van der Waals surface area contributed by atoms with Crippen molar-refractivity contribution >= 4 is 34.5 Å². The topological polar surface area (TPSA) is 67.2 Å². The maximum Gasteiger partial charge on any atom is 0.255 e. The first-order chi connectivity index (χ1) is 13.5. The SMILES string of the molecule is CC(C)Cn1cnc2cc(C(=O)N3CCN(c4ccc(Cl)cn4)CC3)cnc21. The molecule has 0 saturated carbocycles. The summed E-state index contributed by atoms with van der Waals surface area (Å²) in [7, 11) is 0.